The summed E-state index contributed by atoms with van der Waals surface area (Å²) in [5.74, 6) is -0.673. The third-order valence-electron chi connectivity index (χ3n) is 1.91. The zero-order valence-corrected chi connectivity index (χ0v) is 9.68. The van der Waals surface area contributed by atoms with E-state index in [0.29, 0.717) is 13.2 Å². The van der Waals surface area contributed by atoms with Crippen LogP contribution >= 0.6 is 11.6 Å². The standard InChI is InChI=1S/C11H13ClFNO2/c1-2-16-7-11(15)14-6-8-3-4-10(13)9(12)5-8/h3-5H,2,6-7H2,1H3,(H,14,15). The van der Waals surface area contributed by atoms with Gasteiger partial charge in [-0.1, -0.05) is 17.7 Å². The van der Waals surface area contributed by atoms with Crippen LogP contribution in [-0.2, 0) is 16.1 Å². The Morgan fingerprint density at radius 1 is 1.56 bits per heavy atom. The van der Waals surface area contributed by atoms with Gasteiger partial charge >= 0.3 is 0 Å². The fourth-order valence-electron chi connectivity index (χ4n) is 1.10. The lowest BCUT2D eigenvalue weighted by molar-refractivity contribution is -0.125. The van der Waals surface area contributed by atoms with E-state index in [1.807, 2.05) is 6.92 Å². The minimum Gasteiger partial charge on any atom is -0.372 e. The molecule has 0 saturated heterocycles. The van der Waals surface area contributed by atoms with Crippen molar-refractivity contribution in [1.29, 1.82) is 0 Å². The van der Waals surface area contributed by atoms with Crippen molar-refractivity contribution in [1.82, 2.24) is 5.32 Å². The van der Waals surface area contributed by atoms with Gasteiger partial charge in [-0.15, -0.1) is 0 Å². The van der Waals surface area contributed by atoms with Crippen molar-refractivity contribution in [2.75, 3.05) is 13.2 Å². The Bertz CT molecular complexity index is 371. The van der Waals surface area contributed by atoms with E-state index in [-0.39, 0.29) is 17.5 Å². The summed E-state index contributed by atoms with van der Waals surface area (Å²) in [5, 5.41) is 2.69. The van der Waals surface area contributed by atoms with Crippen molar-refractivity contribution in [3.05, 3.63) is 34.6 Å². The fraction of sp³-hybridized carbons (Fsp3) is 0.364. The summed E-state index contributed by atoms with van der Waals surface area (Å²) in [6.07, 6.45) is 0. The van der Waals surface area contributed by atoms with Gasteiger partial charge in [0.1, 0.15) is 12.4 Å². The highest BCUT2D eigenvalue weighted by atomic mass is 35.5. The number of carbonyl (C=O) groups is 1. The predicted molar refractivity (Wildman–Crippen MR) is 59.7 cm³/mol. The van der Waals surface area contributed by atoms with E-state index >= 15 is 0 Å². The van der Waals surface area contributed by atoms with Crippen LogP contribution in [0.2, 0.25) is 5.02 Å². The topological polar surface area (TPSA) is 38.3 Å². The van der Waals surface area contributed by atoms with Gasteiger partial charge in [-0.2, -0.15) is 0 Å². The number of ether oxygens (including phenoxy) is 1. The van der Waals surface area contributed by atoms with Crippen molar-refractivity contribution in [3.8, 4) is 0 Å². The molecule has 0 unspecified atom stereocenters. The van der Waals surface area contributed by atoms with Crippen LogP contribution in [0.3, 0.4) is 0 Å². The summed E-state index contributed by atoms with van der Waals surface area (Å²) in [6, 6.07) is 4.33. The quantitative estimate of drug-likeness (QED) is 0.863. The summed E-state index contributed by atoms with van der Waals surface area (Å²) in [7, 11) is 0. The van der Waals surface area contributed by atoms with E-state index < -0.39 is 5.82 Å². The molecule has 0 radical (unpaired) electrons. The molecule has 0 aliphatic carbocycles. The summed E-state index contributed by atoms with van der Waals surface area (Å²) in [5.41, 5.74) is 0.747. The van der Waals surface area contributed by atoms with E-state index in [0.717, 1.165) is 5.56 Å². The lowest BCUT2D eigenvalue weighted by Gasteiger charge is -2.05. The highest BCUT2D eigenvalue weighted by molar-refractivity contribution is 6.30. The Hall–Kier alpha value is -1.13. The fourth-order valence-corrected chi connectivity index (χ4v) is 1.30. The van der Waals surface area contributed by atoms with Crippen LogP contribution in [0.4, 0.5) is 4.39 Å². The van der Waals surface area contributed by atoms with Crippen LogP contribution in [0.25, 0.3) is 0 Å². The van der Waals surface area contributed by atoms with E-state index in [1.165, 1.54) is 12.1 Å². The molecule has 0 saturated carbocycles. The van der Waals surface area contributed by atoms with Crippen molar-refractivity contribution in [3.63, 3.8) is 0 Å². The van der Waals surface area contributed by atoms with Crippen LogP contribution < -0.4 is 5.32 Å². The SMILES string of the molecule is CCOCC(=O)NCc1ccc(F)c(Cl)c1. The average molecular weight is 246 g/mol. The number of nitrogens with one attached hydrogen (secondary N) is 1. The first-order valence-electron chi connectivity index (χ1n) is 4.92. The Morgan fingerprint density at radius 2 is 2.31 bits per heavy atom. The lowest BCUT2D eigenvalue weighted by atomic mass is 10.2. The predicted octanol–water partition coefficient (Wildman–Crippen LogP) is 2.13. The minimum atomic E-state index is -0.467. The molecule has 1 aromatic rings. The zero-order valence-electron chi connectivity index (χ0n) is 8.93. The molecule has 3 nitrogen and oxygen atoms in total. The molecular formula is C11H13ClFNO2. The summed E-state index contributed by atoms with van der Waals surface area (Å²) < 4.78 is 17.8. The van der Waals surface area contributed by atoms with Gasteiger partial charge in [0.2, 0.25) is 5.91 Å². The van der Waals surface area contributed by atoms with Crippen LogP contribution in [0.1, 0.15) is 12.5 Å². The summed E-state index contributed by atoms with van der Waals surface area (Å²) in [6.45, 7) is 2.65. The highest BCUT2D eigenvalue weighted by Crippen LogP contribution is 2.15. The molecule has 88 valence electrons. The molecule has 0 heterocycles. The number of amides is 1. The first kappa shape index (κ1) is 12.9. The molecule has 0 spiro atoms. The molecule has 0 aromatic heterocycles. The molecule has 1 N–H and O–H groups in total. The largest absolute Gasteiger partial charge is 0.372 e. The Morgan fingerprint density at radius 3 is 2.94 bits per heavy atom. The maximum atomic E-state index is 12.8. The number of benzene rings is 1. The number of hydrogen-bond donors (Lipinski definition) is 1. The number of hydrogen-bond acceptors (Lipinski definition) is 2. The molecule has 0 aliphatic rings. The van der Waals surface area contributed by atoms with Gasteiger partial charge in [0.05, 0.1) is 5.02 Å². The van der Waals surface area contributed by atoms with E-state index in [4.69, 9.17) is 16.3 Å². The van der Waals surface area contributed by atoms with Crippen molar-refractivity contribution in [2.45, 2.75) is 13.5 Å². The molecule has 0 aliphatic heterocycles. The van der Waals surface area contributed by atoms with Crippen molar-refractivity contribution < 1.29 is 13.9 Å². The lowest BCUT2D eigenvalue weighted by Crippen LogP contribution is -2.27. The van der Waals surface area contributed by atoms with Gasteiger partial charge in [0.15, 0.2) is 0 Å². The van der Waals surface area contributed by atoms with Gasteiger partial charge in [-0.3, -0.25) is 4.79 Å². The second kappa shape index (κ2) is 6.45. The van der Waals surface area contributed by atoms with Crippen molar-refractivity contribution >= 4 is 17.5 Å². The molecule has 5 heteroatoms. The summed E-state index contributed by atoms with van der Waals surface area (Å²) in [4.78, 5) is 11.2. The maximum absolute atomic E-state index is 12.8. The maximum Gasteiger partial charge on any atom is 0.246 e. The average Bonchev–Trinajstić information content (AvgIpc) is 2.28. The second-order valence-electron chi connectivity index (χ2n) is 3.16. The van der Waals surface area contributed by atoms with Crippen LogP contribution in [-0.4, -0.2) is 19.1 Å². The van der Waals surface area contributed by atoms with Crippen LogP contribution in [0, 0.1) is 5.82 Å². The Labute approximate surface area is 98.5 Å². The van der Waals surface area contributed by atoms with E-state index in [1.54, 1.807) is 6.07 Å². The normalized spacial score (nSPS) is 10.2. The molecule has 0 atom stereocenters. The van der Waals surface area contributed by atoms with Gasteiger partial charge < -0.3 is 10.1 Å². The van der Waals surface area contributed by atoms with Gasteiger partial charge in [0, 0.05) is 13.2 Å². The minimum absolute atomic E-state index is 0.0332. The van der Waals surface area contributed by atoms with Crippen LogP contribution in [0.15, 0.2) is 18.2 Å². The van der Waals surface area contributed by atoms with Gasteiger partial charge in [0.25, 0.3) is 0 Å². The third kappa shape index (κ3) is 4.16. The van der Waals surface area contributed by atoms with Gasteiger partial charge in [-0.25, -0.2) is 4.39 Å². The third-order valence-corrected chi connectivity index (χ3v) is 2.20. The molecule has 1 amide bonds. The monoisotopic (exact) mass is 245 g/mol. The molecular weight excluding hydrogens is 233 g/mol. The smallest absolute Gasteiger partial charge is 0.246 e. The molecule has 1 aromatic carbocycles. The first-order valence-corrected chi connectivity index (χ1v) is 5.29. The first-order chi connectivity index (χ1) is 7.63. The second-order valence-corrected chi connectivity index (χ2v) is 3.57. The molecule has 0 bridgehead atoms. The summed E-state index contributed by atoms with van der Waals surface area (Å²) >= 11 is 5.60. The molecule has 1 rings (SSSR count). The Kier molecular flexibility index (Phi) is 5.22. The number of halogens is 2. The number of rotatable bonds is 5. The van der Waals surface area contributed by atoms with Crippen LogP contribution in [0.5, 0.6) is 0 Å². The highest BCUT2D eigenvalue weighted by Gasteiger charge is 2.03. The molecule has 0 fully saturated rings. The zero-order chi connectivity index (χ0) is 12.0. The van der Waals surface area contributed by atoms with E-state index in [9.17, 15) is 9.18 Å². The van der Waals surface area contributed by atoms with Crippen molar-refractivity contribution in [2.24, 2.45) is 0 Å². The van der Waals surface area contributed by atoms with E-state index in [2.05, 4.69) is 5.32 Å². The number of carbonyl (C=O) groups excluding carboxylic acids is 1. The Balaban J connectivity index is 2.42. The molecule has 16 heavy (non-hydrogen) atoms. The van der Waals surface area contributed by atoms with Gasteiger partial charge in [-0.05, 0) is 24.6 Å².